The van der Waals surface area contributed by atoms with Crippen molar-refractivity contribution in [1.29, 1.82) is 0 Å². The van der Waals surface area contributed by atoms with Gasteiger partial charge in [0.15, 0.2) is 0 Å². The number of amides is 1. The maximum absolute atomic E-state index is 12.1. The predicted molar refractivity (Wildman–Crippen MR) is 67.0 cm³/mol. The van der Waals surface area contributed by atoms with E-state index >= 15 is 0 Å². The summed E-state index contributed by atoms with van der Waals surface area (Å²) in [5, 5.41) is 12.5. The van der Waals surface area contributed by atoms with Crippen LogP contribution in [0.4, 0.5) is 13.2 Å². The first-order valence-electron chi connectivity index (χ1n) is 7.10. The van der Waals surface area contributed by atoms with Gasteiger partial charge in [-0.1, -0.05) is 12.8 Å². The number of aliphatic hydroxyl groups excluding tert-OH is 1. The van der Waals surface area contributed by atoms with Gasteiger partial charge in [-0.05, 0) is 12.8 Å². The fraction of sp³-hybridized carbons (Fsp3) is 0.923. The third-order valence-electron chi connectivity index (χ3n) is 4.14. The number of alkyl halides is 3. The van der Waals surface area contributed by atoms with Gasteiger partial charge in [-0.3, -0.25) is 9.69 Å². The lowest BCUT2D eigenvalue weighted by Crippen LogP contribution is -2.56. The van der Waals surface area contributed by atoms with E-state index in [2.05, 4.69) is 5.32 Å². The largest absolute Gasteiger partial charge is 0.401 e. The molecule has 1 saturated heterocycles. The van der Waals surface area contributed by atoms with Gasteiger partial charge in [-0.2, -0.15) is 13.2 Å². The monoisotopic (exact) mass is 294 g/mol. The number of aliphatic hydroxyl groups is 1. The lowest BCUT2D eigenvalue weighted by molar-refractivity contribution is -0.163. The van der Waals surface area contributed by atoms with Gasteiger partial charge in [-0.15, -0.1) is 0 Å². The van der Waals surface area contributed by atoms with Gasteiger partial charge in [0.05, 0.1) is 18.6 Å². The minimum absolute atomic E-state index is 0.0825. The number of hydrogen-bond acceptors (Lipinski definition) is 3. The van der Waals surface area contributed by atoms with E-state index < -0.39 is 12.7 Å². The zero-order valence-electron chi connectivity index (χ0n) is 11.3. The average molecular weight is 294 g/mol. The van der Waals surface area contributed by atoms with Crippen LogP contribution in [0.3, 0.4) is 0 Å². The van der Waals surface area contributed by atoms with Gasteiger partial charge >= 0.3 is 6.18 Å². The highest BCUT2D eigenvalue weighted by molar-refractivity contribution is 5.80. The molecule has 0 unspecified atom stereocenters. The van der Waals surface area contributed by atoms with E-state index in [1.54, 1.807) is 0 Å². The van der Waals surface area contributed by atoms with Crippen LogP contribution in [0.25, 0.3) is 0 Å². The Hall–Kier alpha value is -0.820. The molecule has 1 aliphatic heterocycles. The summed E-state index contributed by atoms with van der Waals surface area (Å²) in [6.45, 7) is -0.189. The van der Waals surface area contributed by atoms with Crippen LogP contribution in [0.5, 0.6) is 0 Å². The zero-order chi connectivity index (χ0) is 14.8. The number of nitrogens with one attached hydrogen (secondary N) is 1. The van der Waals surface area contributed by atoms with Crippen molar-refractivity contribution >= 4 is 5.91 Å². The number of carbonyl (C=O) groups is 1. The highest BCUT2D eigenvalue weighted by Crippen LogP contribution is 2.25. The first-order valence-corrected chi connectivity index (χ1v) is 7.10. The molecule has 2 atom stereocenters. The van der Waals surface area contributed by atoms with Crippen molar-refractivity contribution in [3.05, 3.63) is 0 Å². The fourth-order valence-electron chi connectivity index (χ4n) is 2.92. The summed E-state index contributed by atoms with van der Waals surface area (Å²) < 4.78 is 36.4. The maximum Gasteiger partial charge on any atom is 0.401 e. The van der Waals surface area contributed by atoms with Crippen LogP contribution in [-0.2, 0) is 4.79 Å². The maximum atomic E-state index is 12.1. The summed E-state index contributed by atoms with van der Waals surface area (Å²) >= 11 is 0. The van der Waals surface area contributed by atoms with Crippen LogP contribution in [-0.4, -0.2) is 54.4 Å². The number of halogens is 3. The third kappa shape index (κ3) is 4.34. The quantitative estimate of drug-likeness (QED) is 0.818. The second-order valence-corrected chi connectivity index (χ2v) is 5.86. The predicted octanol–water partition coefficient (Wildman–Crippen LogP) is 1.15. The van der Waals surface area contributed by atoms with Gasteiger partial charge < -0.3 is 10.4 Å². The molecular weight excluding hydrogens is 273 g/mol. The highest BCUT2D eigenvalue weighted by Gasteiger charge is 2.39. The van der Waals surface area contributed by atoms with Gasteiger partial charge in [0.25, 0.3) is 0 Å². The summed E-state index contributed by atoms with van der Waals surface area (Å²) in [6.07, 6.45) is -0.836. The molecular formula is C13H21F3N2O2. The minimum atomic E-state index is -4.20. The van der Waals surface area contributed by atoms with Crippen molar-refractivity contribution in [3.63, 3.8) is 0 Å². The fourth-order valence-corrected chi connectivity index (χ4v) is 2.92. The number of hydrogen-bond donors (Lipinski definition) is 2. The van der Waals surface area contributed by atoms with E-state index in [4.69, 9.17) is 0 Å². The topological polar surface area (TPSA) is 52.6 Å². The Kier molecular flexibility index (Phi) is 4.90. The molecule has 1 saturated carbocycles. The van der Waals surface area contributed by atoms with E-state index in [0.29, 0.717) is 6.54 Å². The van der Waals surface area contributed by atoms with E-state index in [1.165, 1.54) is 4.90 Å². The Balaban J connectivity index is 1.64. The standard InChI is InChI=1S/C13H21F3N2O2/c14-13(15,16)8-18-6-10(7-18)12(20)17-5-9-3-1-2-4-11(9)19/h9-11,19H,1-8H2,(H,17,20)/t9-,11-/m0/s1. The van der Waals surface area contributed by atoms with Crippen molar-refractivity contribution in [1.82, 2.24) is 10.2 Å². The van der Waals surface area contributed by atoms with Gasteiger partial charge in [-0.25, -0.2) is 0 Å². The molecule has 2 rings (SSSR count). The molecule has 116 valence electrons. The van der Waals surface area contributed by atoms with Crippen molar-refractivity contribution in [2.45, 2.75) is 38.0 Å². The number of likely N-dealkylation sites (tertiary alicyclic amines) is 1. The van der Waals surface area contributed by atoms with Crippen molar-refractivity contribution in [3.8, 4) is 0 Å². The highest BCUT2D eigenvalue weighted by atomic mass is 19.4. The molecule has 0 bridgehead atoms. The minimum Gasteiger partial charge on any atom is -0.393 e. The molecule has 1 aliphatic carbocycles. The van der Waals surface area contributed by atoms with Crippen LogP contribution >= 0.6 is 0 Å². The van der Waals surface area contributed by atoms with Gasteiger partial charge in [0.2, 0.25) is 5.91 Å². The lowest BCUT2D eigenvalue weighted by Gasteiger charge is -2.38. The molecule has 4 nitrogen and oxygen atoms in total. The Morgan fingerprint density at radius 3 is 2.50 bits per heavy atom. The molecule has 0 radical (unpaired) electrons. The van der Waals surface area contributed by atoms with Crippen LogP contribution in [0.2, 0.25) is 0 Å². The summed E-state index contributed by atoms with van der Waals surface area (Å²) in [5.74, 6) is -0.460. The molecule has 0 aromatic heterocycles. The van der Waals surface area contributed by atoms with E-state index in [1.807, 2.05) is 0 Å². The van der Waals surface area contributed by atoms with E-state index in [9.17, 15) is 23.1 Å². The van der Waals surface area contributed by atoms with Crippen molar-refractivity contribution in [2.24, 2.45) is 11.8 Å². The summed E-state index contributed by atoms with van der Waals surface area (Å²) in [7, 11) is 0. The molecule has 1 heterocycles. The third-order valence-corrected chi connectivity index (χ3v) is 4.14. The second-order valence-electron chi connectivity index (χ2n) is 5.86. The van der Waals surface area contributed by atoms with E-state index in [0.717, 1.165) is 25.7 Å². The molecule has 1 amide bonds. The number of nitrogens with zero attached hydrogens (tertiary/aromatic N) is 1. The Bertz CT molecular complexity index is 343. The van der Waals surface area contributed by atoms with Crippen LogP contribution in [0, 0.1) is 11.8 Å². The number of rotatable bonds is 4. The zero-order valence-corrected chi connectivity index (χ0v) is 11.3. The lowest BCUT2D eigenvalue weighted by atomic mass is 9.86. The van der Waals surface area contributed by atoms with Crippen molar-refractivity contribution in [2.75, 3.05) is 26.2 Å². The SMILES string of the molecule is O=C(NC[C@@H]1CCCC[C@@H]1O)C1CN(CC(F)(F)F)C1. The molecule has 2 N–H and O–H groups in total. The Labute approximate surface area is 116 Å². The van der Waals surface area contributed by atoms with Gasteiger partial charge in [0, 0.05) is 25.6 Å². The molecule has 2 fully saturated rings. The average Bonchev–Trinajstić information content (AvgIpc) is 2.31. The molecule has 20 heavy (non-hydrogen) atoms. The Morgan fingerprint density at radius 1 is 1.25 bits per heavy atom. The summed E-state index contributed by atoms with van der Waals surface area (Å²) in [4.78, 5) is 13.0. The number of carbonyl (C=O) groups excluding carboxylic acids is 1. The second kappa shape index (κ2) is 6.30. The molecule has 7 heteroatoms. The summed E-state index contributed by atoms with van der Waals surface area (Å²) in [5.41, 5.74) is 0. The van der Waals surface area contributed by atoms with Crippen molar-refractivity contribution < 1.29 is 23.1 Å². The molecule has 0 spiro atoms. The molecule has 0 aromatic rings. The van der Waals surface area contributed by atoms with Crippen LogP contribution in [0.15, 0.2) is 0 Å². The summed E-state index contributed by atoms with van der Waals surface area (Å²) in [6, 6.07) is 0. The normalized spacial score (nSPS) is 29.0. The van der Waals surface area contributed by atoms with Crippen LogP contribution < -0.4 is 5.32 Å². The Morgan fingerprint density at radius 2 is 1.90 bits per heavy atom. The molecule has 2 aliphatic rings. The van der Waals surface area contributed by atoms with E-state index in [-0.39, 0.29) is 36.9 Å². The van der Waals surface area contributed by atoms with Crippen LogP contribution in [0.1, 0.15) is 25.7 Å². The smallest absolute Gasteiger partial charge is 0.393 e. The van der Waals surface area contributed by atoms with Gasteiger partial charge in [0.1, 0.15) is 0 Å². The first-order chi connectivity index (χ1) is 9.35. The molecule has 0 aromatic carbocycles. The first kappa shape index (κ1) is 15.6.